The molecule has 1 heterocycles. The second kappa shape index (κ2) is 3.76. The van der Waals surface area contributed by atoms with E-state index in [1.807, 2.05) is 0 Å². The molecule has 1 saturated carbocycles. The molecule has 3 heteroatoms. The Balaban J connectivity index is 1.92. The molecule has 3 unspecified atom stereocenters. The number of carbonyl (C=O) groups excluding carboxylic acids is 1. The monoisotopic (exact) mass is 273 g/mol. The van der Waals surface area contributed by atoms with Gasteiger partial charge in [0.25, 0.3) is 0 Å². The lowest BCUT2D eigenvalue weighted by Crippen LogP contribution is -2.44. The third-order valence-corrected chi connectivity index (χ3v) is 5.28. The van der Waals surface area contributed by atoms with Crippen molar-refractivity contribution in [1.29, 1.82) is 0 Å². The zero-order chi connectivity index (χ0) is 11.2. The molecule has 1 amide bonds. The van der Waals surface area contributed by atoms with E-state index in [-0.39, 0.29) is 5.41 Å². The van der Waals surface area contributed by atoms with E-state index in [1.54, 1.807) is 0 Å². The van der Waals surface area contributed by atoms with Gasteiger partial charge in [0.15, 0.2) is 0 Å². The topological polar surface area (TPSA) is 20.3 Å². The highest BCUT2D eigenvalue weighted by Crippen LogP contribution is 2.52. The van der Waals surface area contributed by atoms with Crippen LogP contribution in [-0.2, 0) is 4.79 Å². The molecule has 0 aromatic heterocycles. The molecular weight excluding hydrogens is 254 g/mol. The minimum absolute atomic E-state index is 0.269. The van der Waals surface area contributed by atoms with Gasteiger partial charge in [0, 0.05) is 23.8 Å². The normalized spacial score (nSPS) is 38.9. The molecule has 1 aliphatic heterocycles. The van der Waals surface area contributed by atoms with Gasteiger partial charge in [-0.15, -0.1) is 0 Å². The van der Waals surface area contributed by atoms with E-state index in [0.717, 1.165) is 25.9 Å². The summed E-state index contributed by atoms with van der Waals surface area (Å²) in [5.74, 6) is 1.28. The molecule has 2 rings (SSSR count). The van der Waals surface area contributed by atoms with Crippen LogP contribution in [0.15, 0.2) is 0 Å². The predicted octanol–water partition coefficient (Wildman–Crippen LogP) is 2.66. The van der Waals surface area contributed by atoms with Crippen LogP contribution in [0.4, 0.5) is 0 Å². The summed E-state index contributed by atoms with van der Waals surface area (Å²) in [6.45, 7) is 8.47. The SMILES string of the molecule is CC1CN(C(=O)C2CC2(C)C)CCC1Br. The largest absolute Gasteiger partial charge is 0.342 e. The van der Waals surface area contributed by atoms with Crippen molar-refractivity contribution in [2.24, 2.45) is 17.3 Å². The molecule has 0 N–H and O–H groups in total. The van der Waals surface area contributed by atoms with Crippen LogP contribution >= 0.6 is 15.9 Å². The average Bonchev–Trinajstić information content (AvgIpc) is 2.79. The first kappa shape index (κ1) is 11.4. The van der Waals surface area contributed by atoms with E-state index >= 15 is 0 Å². The van der Waals surface area contributed by atoms with Crippen molar-refractivity contribution in [2.75, 3.05) is 13.1 Å². The molecule has 15 heavy (non-hydrogen) atoms. The molecule has 86 valence electrons. The molecule has 0 aromatic rings. The van der Waals surface area contributed by atoms with E-state index in [0.29, 0.717) is 22.6 Å². The Morgan fingerprint density at radius 3 is 2.53 bits per heavy atom. The first-order valence-corrected chi connectivity index (χ1v) is 6.76. The number of likely N-dealkylation sites (tertiary alicyclic amines) is 1. The van der Waals surface area contributed by atoms with E-state index in [2.05, 4.69) is 41.6 Å². The third kappa shape index (κ3) is 2.22. The lowest BCUT2D eigenvalue weighted by atomic mass is 9.99. The summed E-state index contributed by atoms with van der Waals surface area (Å²) in [6.07, 6.45) is 2.18. The number of amides is 1. The summed E-state index contributed by atoms with van der Waals surface area (Å²) in [7, 11) is 0. The molecule has 2 nitrogen and oxygen atoms in total. The zero-order valence-corrected chi connectivity index (χ0v) is 11.4. The Hall–Kier alpha value is -0.0500. The number of hydrogen-bond acceptors (Lipinski definition) is 1. The summed E-state index contributed by atoms with van der Waals surface area (Å²) >= 11 is 3.67. The van der Waals surface area contributed by atoms with Crippen molar-refractivity contribution in [3.05, 3.63) is 0 Å². The highest BCUT2D eigenvalue weighted by Gasteiger charge is 2.52. The van der Waals surface area contributed by atoms with Gasteiger partial charge >= 0.3 is 0 Å². The number of carbonyl (C=O) groups is 1. The van der Waals surface area contributed by atoms with Crippen LogP contribution in [0.5, 0.6) is 0 Å². The minimum Gasteiger partial charge on any atom is -0.342 e. The lowest BCUT2D eigenvalue weighted by molar-refractivity contribution is -0.134. The number of hydrogen-bond donors (Lipinski definition) is 0. The van der Waals surface area contributed by atoms with Gasteiger partial charge in [-0.2, -0.15) is 0 Å². The van der Waals surface area contributed by atoms with Crippen molar-refractivity contribution in [1.82, 2.24) is 4.90 Å². The van der Waals surface area contributed by atoms with Crippen LogP contribution < -0.4 is 0 Å². The summed E-state index contributed by atoms with van der Waals surface area (Å²) in [5, 5.41) is 0. The summed E-state index contributed by atoms with van der Waals surface area (Å²) in [4.78, 5) is 14.8. The van der Waals surface area contributed by atoms with Crippen molar-refractivity contribution in [3.8, 4) is 0 Å². The molecular formula is C12H20BrNO. The van der Waals surface area contributed by atoms with E-state index < -0.39 is 0 Å². The van der Waals surface area contributed by atoms with Crippen LogP contribution in [0.25, 0.3) is 0 Å². The number of rotatable bonds is 1. The summed E-state index contributed by atoms with van der Waals surface area (Å²) in [5.41, 5.74) is 0.269. The van der Waals surface area contributed by atoms with E-state index in [4.69, 9.17) is 0 Å². The highest BCUT2D eigenvalue weighted by atomic mass is 79.9. The van der Waals surface area contributed by atoms with E-state index in [9.17, 15) is 4.79 Å². The van der Waals surface area contributed by atoms with Gasteiger partial charge in [-0.25, -0.2) is 0 Å². The summed E-state index contributed by atoms with van der Waals surface area (Å²) in [6, 6.07) is 0. The van der Waals surface area contributed by atoms with Gasteiger partial charge in [0.2, 0.25) is 5.91 Å². The third-order valence-electron chi connectivity index (χ3n) is 3.92. The molecule has 0 spiro atoms. The maximum Gasteiger partial charge on any atom is 0.226 e. The quantitative estimate of drug-likeness (QED) is 0.673. The number of alkyl halides is 1. The molecule has 1 saturated heterocycles. The Morgan fingerprint density at radius 1 is 1.47 bits per heavy atom. The molecule has 2 fully saturated rings. The second-order valence-corrected chi connectivity index (χ2v) is 6.99. The van der Waals surface area contributed by atoms with Crippen molar-refractivity contribution in [2.45, 2.75) is 38.4 Å². The van der Waals surface area contributed by atoms with Crippen molar-refractivity contribution in [3.63, 3.8) is 0 Å². The Kier molecular flexibility index (Phi) is 2.87. The Bertz CT molecular complexity index is 277. The molecule has 1 aliphatic carbocycles. The van der Waals surface area contributed by atoms with Crippen LogP contribution in [0.1, 0.15) is 33.6 Å². The molecule has 0 radical (unpaired) electrons. The molecule has 3 atom stereocenters. The number of piperidine rings is 1. The molecule has 0 aromatic carbocycles. The fraction of sp³-hybridized carbons (Fsp3) is 0.917. The van der Waals surface area contributed by atoms with Crippen LogP contribution in [-0.4, -0.2) is 28.7 Å². The fourth-order valence-electron chi connectivity index (χ4n) is 2.43. The Morgan fingerprint density at radius 2 is 2.07 bits per heavy atom. The maximum atomic E-state index is 12.1. The van der Waals surface area contributed by atoms with Gasteiger partial charge in [-0.05, 0) is 24.2 Å². The van der Waals surface area contributed by atoms with Gasteiger partial charge in [0.05, 0.1) is 0 Å². The Labute approximate surface area is 101 Å². The van der Waals surface area contributed by atoms with Gasteiger partial charge < -0.3 is 4.90 Å². The minimum atomic E-state index is 0.269. The van der Waals surface area contributed by atoms with Gasteiger partial charge in [-0.1, -0.05) is 36.7 Å². The number of nitrogens with zero attached hydrogens (tertiary/aromatic N) is 1. The van der Waals surface area contributed by atoms with Crippen molar-refractivity contribution < 1.29 is 4.79 Å². The standard InChI is InChI=1S/C12H20BrNO/c1-8-7-14(5-4-10(8)13)11(15)9-6-12(9,2)3/h8-10H,4-7H2,1-3H3. The summed E-state index contributed by atoms with van der Waals surface area (Å²) < 4.78 is 0. The van der Waals surface area contributed by atoms with Gasteiger partial charge in [-0.3, -0.25) is 4.79 Å². The maximum absolute atomic E-state index is 12.1. The number of halogens is 1. The second-order valence-electron chi connectivity index (χ2n) is 5.81. The molecule has 0 bridgehead atoms. The van der Waals surface area contributed by atoms with E-state index in [1.165, 1.54) is 0 Å². The zero-order valence-electron chi connectivity index (χ0n) is 9.79. The smallest absolute Gasteiger partial charge is 0.226 e. The first-order chi connectivity index (χ1) is 6.92. The fourth-order valence-corrected chi connectivity index (χ4v) is 2.80. The molecule has 2 aliphatic rings. The average molecular weight is 274 g/mol. The van der Waals surface area contributed by atoms with Crippen molar-refractivity contribution >= 4 is 21.8 Å². The van der Waals surface area contributed by atoms with Gasteiger partial charge in [0.1, 0.15) is 0 Å². The predicted molar refractivity (Wildman–Crippen MR) is 65.0 cm³/mol. The first-order valence-electron chi connectivity index (χ1n) is 5.84. The highest BCUT2D eigenvalue weighted by molar-refractivity contribution is 9.09. The van der Waals surface area contributed by atoms with Crippen LogP contribution in [0, 0.1) is 17.3 Å². The van der Waals surface area contributed by atoms with Crippen LogP contribution in [0.3, 0.4) is 0 Å². The lowest BCUT2D eigenvalue weighted by Gasteiger charge is -2.34. The van der Waals surface area contributed by atoms with Crippen LogP contribution in [0.2, 0.25) is 0 Å².